The van der Waals surface area contributed by atoms with Gasteiger partial charge in [0.05, 0.1) is 22.9 Å². The van der Waals surface area contributed by atoms with Gasteiger partial charge in [-0.25, -0.2) is 9.37 Å². The van der Waals surface area contributed by atoms with E-state index in [9.17, 15) is 4.39 Å². The van der Waals surface area contributed by atoms with E-state index in [2.05, 4.69) is 20.9 Å². The lowest BCUT2D eigenvalue weighted by atomic mass is 9.91. The number of nitrogens with one attached hydrogen (secondary N) is 3. The van der Waals surface area contributed by atoms with E-state index in [1.807, 2.05) is 6.07 Å². The van der Waals surface area contributed by atoms with Crippen LogP contribution < -0.4 is 16.0 Å². The van der Waals surface area contributed by atoms with Crippen LogP contribution in [0.1, 0.15) is 38.5 Å². The van der Waals surface area contributed by atoms with Crippen molar-refractivity contribution < 1.29 is 18.6 Å². The van der Waals surface area contributed by atoms with Crippen LogP contribution in [-0.2, 0) is 14.2 Å². The SMILES string of the molecule is COCCN[C@H]1CC[C@H](Nc2cc(-c3ccc(F)c(NCC4(OC)CCOCC4)c3)c(Cl)cn2)CC1. The first-order valence-electron chi connectivity index (χ1n) is 12.8. The van der Waals surface area contributed by atoms with E-state index in [0.29, 0.717) is 42.6 Å². The van der Waals surface area contributed by atoms with Gasteiger partial charge in [0.1, 0.15) is 11.6 Å². The van der Waals surface area contributed by atoms with Gasteiger partial charge < -0.3 is 30.2 Å². The van der Waals surface area contributed by atoms with Gasteiger partial charge in [0.15, 0.2) is 0 Å². The maximum absolute atomic E-state index is 14.7. The summed E-state index contributed by atoms with van der Waals surface area (Å²) in [5.41, 5.74) is 1.72. The van der Waals surface area contributed by atoms with Crippen LogP contribution in [0.3, 0.4) is 0 Å². The number of hydrogen-bond acceptors (Lipinski definition) is 7. The number of nitrogens with zero attached hydrogens (tertiary/aromatic N) is 1. The van der Waals surface area contributed by atoms with Gasteiger partial charge in [0, 0.05) is 77.2 Å². The molecule has 0 atom stereocenters. The van der Waals surface area contributed by atoms with Crippen LogP contribution in [0, 0.1) is 5.82 Å². The second-order valence-electron chi connectivity index (χ2n) is 9.74. The fraction of sp³-hybridized carbons (Fsp3) is 0.593. The first-order chi connectivity index (χ1) is 17.5. The summed E-state index contributed by atoms with van der Waals surface area (Å²) < 4.78 is 31.1. The number of rotatable bonds is 11. The Hall–Kier alpha value is -1.97. The zero-order chi connectivity index (χ0) is 25.4. The van der Waals surface area contributed by atoms with Crippen molar-refractivity contribution in [2.75, 3.05) is 57.8 Å². The standard InChI is InChI=1S/C27H38ClFN4O3/c1-34-14-11-30-20-4-6-21(7-5-20)33-26-16-22(23(28)17-31-26)19-3-8-24(29)25(15-19)32-18-27(35-2)9-12-36-13-10-27/h3,8,15-17,20-21,30,32H,4-7,9-14,18H2,1-2H3,(H,31,33)/t20-,21-. The fourth-order valence-electron chi connectivity index (χ4n) is 5.04. The van der Waals surface area contributed by atoms with E-state index in [4.69, 9.17) is 25.8 Å². The van der Waals surface area contributed by atoms with Crippen LogP contribution in [0.4, 0.5) is 15.9 Å². The molecule has 1 aromatic carbocycles. The van der Waals surface area contributed by atoms with Crippen LogP contribution in [0.25, 0.3) is 11.1 Å². The molecule has 2 aromatic rings. The molecule has 0 bridgehead atoms. The van der Waals surface area contributed by atoms with Crippen molar-refractivity contribution in [3.05, 3.63) is 41.3 Å². The molecule has 1 aliphatic heterocycles. The van der Waals surface area contributed by atoms with Crippen molar-refractivity contribution in [2.24, 2.45) is 0 Å². The van der Waals surface area contributed by atoms with Crippen molar-refractivity contribution >= 4 is 23.1 Å². The maximum Gasteiger partial charge on any atom is 0.146 e. The molecular weight excluding hydrogens is 483 g/mol. The summed E-state index contributed by atoms with van der Waals surface area (Å²) in [6, 6.07) is 7.89. The topological polar surface area (TPSA) is 76.7 Å². The summed E-state index contributed by atoms with van der Waals surface area (Å²) >= 11 is 6.53. The molecule has 2 fully saturated rings. The Morgan fingerprint density at radius 3 is 2.58 bits per heavy atom. The summed E-state index contributed by atoms with van der Waals surface area (Å²) in [6.07, 6.45) is 7.58. The van der Waals surface area contributed by atoms with Crippen LogP contribution in [0.2, 0.25) is 5.02 Å². The summed E-state index contributed by atoms with van der Waals surface area (Å²) in [6.45, 7) is 3.42. The third-order valence-electron chi connectivity index (χ3n) is 7.39. The number of hydrogen-bond donors (Lipinski definition) is 3. The van der Waals surface area contributed by atoms with Gasteiger partial charge in [0.25, 0.3) is 0 Å². The number of anilines is 2. The molecule has 1 saturated heterocycles. The molecule has 7 nitrogen and oxygen atoms in total. The molecule has 0 radical (unpaired) electrons. The molecule has 3 N–H and O–H groups in total. The molecule has 4 rings (SSSR count). The van der Waals surface area contributed by atoms with Crippen LogP contribution in [0.5, 0.6) is 0 Å². The lowest BCUT2D eigenvalue weighted by molar-refractivity contribution is -0.0807. The highest BCUT2D eigenvalue weighted by molar-refractivity contribution is 6.33. The van der Waals surface area contributed by atoms with Gasteiger partial charge in [0.2, 0.25) is 0 Å². The third kappa shape index (κ3) is 7.07. The number of methoxy groups -OCH3 is 2. The minimum absolute atomic E-state index is 0.309. The minimum atomic E-state index is -0.357. The Morgan fingerprint density at radius 1 is 1.11 bits per heavy atom. The Kier molecular flexibility index (Phi) is 9.79. The van der Waals surface area contributed by atoms with E-state index in [1.165, 1.54) is 6.07 Å². The van der Waals surface area contributed by atoms with Gasteiger partial charge in [-0.2, -0.15) is 0 Å². The van der Waals surface area contributed by atoms with Crippen LogP contribution >= 0.6 is 11.6 Å². The van der Waals surface area contributed by atoms with E-state index in [0.717, 1.165) is 68.6 Å². The first kappa shape index (κ1) is 27.1. The Labute approximate surface area is 218 Å². The van der Waals surface area contributed by atoms with Gasteiger partial charge in [-0.05, 0) is 49.4 Å². The lowest BCUT2D eigenvalue weighted by Gasteiger charge is -2.36. The number of benzene rings is 1. The largest absolute Gasteiger partial charge is 0.383 e. The van der Waals surface area contributed by atoms with Gasteiger partial charge >= 0.3 is 0 Å². The molecule has 9 heteroatoms. The normalized spacial score (nSPS) is 21.8. The smallest absolute Gasteiger partial charge is 0.146 e. The minimum Gasteiger partial charge on any atom is -0.383 e. The number of halogens is 2. The van der Waals surface area contributed by atoms with Crippen molar-refractivity contribution in [1.29, 1.82) is 0 Å². The second kappa shape index (κ2) is 13.0. The zero-order valence-corrected chi connectivity index (χ0v) is 22.0. The molecule has 0 amide bonds. The lowest BCUT2D eigenvalue weighted by Crippen LogP contribution is -2.44. The van der Waals surface area contributed by atoms with Gasteiger partial charge in [-0.3, -0.25) is 0 Å². The number of aromatic nitrogens is 1. The summed E-state index contributed by atoms with van der Waals surface area (Å²) in [4.78, 5) is 4.50. The Bertz CT molecular complexity index is 981. The quantitative estimate of drug-likeness (QED) is 0.355. The van der Waals surface area contributed by atoms with Crippen molar-refractivity contribution in [2.45, 2.75) is 56.2 Å². The summed E-state index contributed by atoms with van der Waals surface area (Å²) in [7, 11) is 3.43. The van der Waals surface area contributed by atoms with E-state index in [-0.39, 0.29) is 11.4 Å². The second-order valence-corrected chi connectivity index (χ2v) is 10.1. The molecule has 198 valence electrons. The average molecular weight is 521 g/mol. The molecule has 2 heterocycles. The average Bonchev–Trinajstić information content (AvgIpc) is 2.91. The van der Waals surface area contributed by atoms with Crippen LogP contribution in [0.15, 0.2) is 30.5 Å². The third-order valence-corrected chi connectivity index (χ3v) is 7.69. The summed E-state index contributed by atoms with van der Waals surface area (Å²) in [5.74, 6) is 0.473. The van der Waals surface area contributed by atoms with Crippen LogP contribution in [-0.4, -0.2) is 69.8 Å². The predicted octanol–water partition coefficient (Wildman–Crippen LogP) is 5.11. The molecule has 0 unspecified atom stereocenters. The van der Waals surface area contributed by atoms with E-state index in [1.54, 1.807) is 32.5 Å². The predicted molar refractivity (Wildman–Crippen MR) is 142 cm³/mol. The first-order valence-corrected chi connectivity index (χ1v) is 13.2. The number of pyridine rings is 1. The monoisotopic (exact) mass is 520 g/mol. The zero-order valence-electron chi connectivity index (χ0n) is 21.2. The maximum atomic E-state index is 14.7. The highest BCUT2D eigenvalue weighted by atomic mass is 35.5. The van der Waals surface area contributed by atoms with Gasteiger partial charge in [-0.1, -0.05) is 17.7 Å². The molecule has 1 saturated carbocycles. The molecule has 36 heavy (non-hydrogen) atoms. The van der Waals surface area contributed by atoms with Crippen molar-refractivity contribution in [3.63, 3.8) is 0 Å². The molecule has 2 aliphatic rings. The van der Waals surface area contributed by atoms with Gasteiger partial charge in [-0.15, -0.1) is 0 Å². The molecule has 1 aromatic heterocycles. The molecular formula is C27H38ClFN4O3. The van der Waals surface area contributed by atoms with Crippen molar-refractivity contribution in [1.82, 2.24) is 10.3 Å². The Morgan fingerprint density at radius 2 is 1.86 bits per heavy atom. The van der Waals surface area contributed by atoms with E-state index >= 15 is 0 Å². The fourth-order valence-corrected chi connectivity index (χ4v) is 5.25. The Balaban J connectivity index is 1.41. The van der Waals surface area contributed by atoms with E-state index < -0.39 is 0 Å². The van der Waals surface area contributed by atoms with Crippen molar-refractivity contribution in [3.8, 4) is 11.1 Å². The number of ether oxygens (including phenoxy) is 3. The molecule has 0 spiro atoms. The highest BCUT2D eigenvalue weighted by Gasteiger charge is 2.32. The molecule has 1 aliphatic carbocycles. The highest BCUT2D eigenvalue weighted by Crippen LogP contribution is 2.33. The summed E-state index contributed by atoms with van der Waals surface area (Å²) in [5, 5.41) is 10.9.